The van der Waals surface area contributed by atoms with Crippen molar-refractivity contribution in [3.05, 3.63) is 53.4 Å². The van der Waals surface area contributed by atoms with Gasteiger partial charge in [-0.2, -0.15) is 4.39 Å². The number of amides is 1. The second kappa shape index (κ2) is 9.25. The summed E-state index contributed by atoms with van der Waals surface area (Å²) in [5.74, 6) is -3.36. The van der Waals surface area contributed by atoms with Crippen molar-refractivity contribution in [1.82, 2.24) is 4.98 Å². The minimum Gasteiger partial charge on any atom is -0.490 e. The molecule has 0 unspecified atom stereocenters. The van der Waals surface area contributed by atoms with Gasteiger partial charge in [-0.1, -0.05) is 6.07 Å². The number of carbonyl (C=O) groups is 1. The Morgan fingerprint density at radius 3 is 2.71 bits per heavy atom. The third kappa shape index (κ3) is 5.00. The molecule has 2 heterocycles. The topological polar surface area (TPSA) is 101 Å². The highest BCUT2D eigenvalue weighted by molar-refractivity contribution is 5.95. The summed E-state index contributed by atoms with van der Waals surface area (Å²) in [5, 5.41) is 21.3. The Morgan fingerprint density at radius 1 is 1.35 bits per heavy atom. The van der Waals surface area contributed by atoms with Crippen LogP contribution >= 0.6 is 0 Å². The first kappa shape index (κ1) is 23.1. The van der Waals surface area contributed by atoms with Crippen LogP contribution in [0, 0.1) is 11.6 Å². The minimum absolute atomic E-state index is 0.138. The Labute approximate surface area is 179 Å². The first-order valence-electron chi connectivity index (χ1n) is 10.0. The number of nitrogens with one attached hydrogen (secondary N) is 1. The van der Waals surface area contributed by atoms with E-state index >= 15 is 0 Å². The molecule has 0 spiro atoms. The molecule has 2 aromatic rings. The molecular formula is C22H26F2N2O5. The Balaban J connectivity index is 1.87. The van der Waals surface area contributed by atoms with Crippen molar-refractivity contribution in [2.45, 2.75) is 50.9 Å². The van der Waals surface area contributed by atoms with Gasteiger partial charge in [0.25, 0.3) is 5.91 Å². The van der Waals surface area contributed by atoms with Gasteiger partial charge in [0.2, 0.25) is 5.82 Å². The van der Waals surface area contributed by atoms with E-state index < -0.39 is 47.9 Å². The molecule has 1 aromatic carbocycles. The molecule has 1 aromatic heterocycles. The lowest BCUT2D eigenvalue weighted by molar-refractivity contribution is -0.130. The predicted molar refractivity (Wildman–Crippen MR) is 109 cm³/mol. The monoisotopic (exact) mass is 436 g/mol. The predicted octanol–water partition coefficient (Wildman–Crippen LogP) is 3.07. The highest BCUT2D eigenvalue weighted by Gasteiger charge is 2.46. The minimum atomic E-state index is -1.11. The van der Waals surface area contributed by atoms with Gasteiger partial charge in [-0.15, -0.1) is 0 Å². The standard InChI is InChI=1S/C22H26F2N2O5/c1-4-30-19-13(6-7-15(23)18(19)24)14-9-22(2,3)31-20(14)21(29)26-12-5-8-16(25-10-12)17(28)11-27/h5-8,10,14,17,20,27-28H,4,9,11H2,1-3H3,(H,26,29)/t14-,17+,20+/m1/s1. The molecule has 0 radical (unpaired) electrons. The molecule has 168 valence electrons. The second-order valence-electron chi connectivity index (χ2n) is 7.98. The van der Waals surface area contributed by atoms with Gasteiger partial charge in [0.1, 0.15) is 12.2 Å². The van der Waals surface area contributed by atoms with Crippen molar-refractivity contribution < 1.29 is 33.3 Å². The Morgan fingerprint density at radius 2 is 2.10 bits per heavy atom. The molecule has 31 heavy (non-hydrogen) atoms. The molecular weight excluding hydrogens is 410 g/mol. The third-order valence-corrected chi connectivity index (χ3v) is 5.12. The average molecular weight is 436 g/mol. The van der Waals surface area contributed by atoms with E-state index in [1.807, 2.05) is 13.8 Å². The third-order valence-electron chi connectivity index (χ3n) is 5.12. The number of aliphatic hydroxyl groups excluding tert-OH is 2. The van der Waals surface area contributed by atoms with E-state index in [-0.39, 0.29) is 18.1 Å². The fraction of sp³-hybridized carbons (Fsp3) is 0.455. The van der Waals surface area contributed by atoms with Gasteiger partial charge in [0.15, 0.2) is 11.6 Å². The van der Waals surface area contributed by atoms with E-state index in [0.29, 0.717) is 17.7 Å². The van der Waals surface area contributed by atoms with Crippen LogP contribution < -0.4 is 10.1 Å². The van der Waals surface area contributed by atoms with Crippen LogP contribution in [-0.2, 0) is 9.53 Å². The van der Waals surface area contributed by atoms with Crippen LogP contribution in [0.15, 0.2) is 30.5 Å². The van der Waals surface area contributed by atoms with Crippen molar-refractivity contribution in [3.8, 4) is 5.75 Å². The maximum Gasteiger partial charge on any atom is 0.254 e. The molecule has 1 aliphatic rings. The lowest BCUT2D eigenvalue weighted by atomic mass is 9.86. The Bertz CT molecular complexity index is 936. The van der Waals surface area contributed by atoms with Gasteiger partial charge in [0.05, 0.1) is 36.4 Å². The summed E-state index contributed by atoms with van der Waals surface area (Å²) in [5.41, 5.74) is 0.320. The van der Waals surface area contributed by atoms with Crippen LogP contribution in [0.2, 0.25) is 0 Å². The number of pyridine rings is 1. The fourth-order valence-electron chi connectivity index (χ4n) is 3.73. The Kier molecular flexibility index (Phi) is 6.88. The fourth-order valence-corrected chi connectivity index (χ4v) is 3.73. The number of hydrogen-bond donors (Lipinski definition) is 3. The molecule has 9 heteroatoms. The van der Waals surface area contributed by atoms with E-state index in [4.69, 9.17) is 14.6 Å². The van der Waals surface area contributed by atoms with Gasteiger partial charge in [-0.25, -0.2) is 4.39 Å². The number of ether oxygens (including phenoxy) is 2. The van der Waals surface area contributed by atoms with Crippen molar-refractivity contribution in [2.24, 2.45) is 0 Å². The molecule has 1 amide bonds. The summed E-state index contributed by atoms with van der Waals surface area (Å²) in [6, 6.07) is 5.46. The summed E-state index contributed by atoms with van der Waals surface area (Å²) >= 11 is 0. The summed E-state index contributed by atoms with van der Waals surface area (Å²) < 4.78 is 39.5. The molecule has 0 aliphatic carbocycles. The molecule has 3 atom stereocenters. The van der Waals surface area contributed by atoms with Gasteiger partial charge in [0, 0.05) is 11.5 Å². The van der Waals surface area contributed by atoms with E-state index in [9.17, 15) is 18.7 Å². The summed E-state index contributed by atoms with van der Waals surface area (Å²) in [6.45, 7) is 4.97. The maximum absolute atomic E-state index is 14.4. The number of carbonyl (C=O) groups excluding carboxylic acids is 1. The van der Waals surface area contributed by atoms with E-state index in [1.54, 1.807) is 6.92 Å². The number of rotatable bonds is 7. The maximum atomic E-state index is 14.4. The normalized spacial score (nSPS) is 21.0. The average Bonchev–Trinajstić information content (AvgIpc) is 3.07. The smallest absolute Gasteiger partial charge is 0.254 e. The zero-order valence-electron chi connectivity index (χ0n) is 17.6. The zero-order valence-corrected chi connectivity index (χ0v) is 17.6. The highest BCUT2D eigenvalue weighted by atomic mass is 19.2. The van der Waals surface area contributed by atoms with Crippen LogP contribution in [-0.4, -0.2) is 46.0 Å². The van der Waals surface area contributed by atoms with Gasteiger partial charge in [-0.3, -0.25) is 9.78 Å². The van der Waals surface area contributed by atoms with Crippen LogP contribution in [0.25, 0.3) is 0 Å². The number of aromatic nitrogens is 1. The van der Waals surface area contributed by atoms with Crippen LogP contribution in [0.5, 0.6) is 5.75 Å². The molecule has 1 aliphatic heterocycles. The van der Waals surface area contributed by atoms with Crippen molar-refractivity contribution in [2.75, 3.05) is 18.5 Å². The Hall–Kier alpha value is -2.62. The largest absolute Gasteiger partial charge is 0.490 e. The van der Waals surface area contributed by atoms with E-state index in [0.717, 1.165) is 6.07 Å². The highest BCUT2D eigenvalue weighted by Crippen LogP contribution is 2.45. The molecule has 3 N–H and O–H groups in total. The van der Waals surface area contributed by atoms with E-state index in [1.165, 1.54) is 24.4 Å². The van der Waals surface area contributed by atoms with E-state index in [2.05, 4.69) is 10.3 Å². The van der Waals surface area contributed by atoms with Crippen LogP contribution in [0.3, 0.4) is 0 Å². The van der Waals surface area contributed by atoms with Gasteiger partial charge >= 0.3 is 0 Å². The number of nitrogens with zero attached hydrogens (tertiary/aromatic N) is 1. The molecule has 7 nitrogen and oxygen atoms in total. The summed E-state index contributed by atoms with van der Waals surface area (Å²) in [7, 11) is 0. The molecule has 1 saturated heterocycles. The summed E-state index contributed by atoms with van der Waals surface area (Å²) in [6.07, 6.45) is -0.333. The lowest BCUT2D eigenvalue weighted by Crippen LogP contribution is -2.33. The van der Waals surface area contributed by atoms with Crippen molar-refractivity contribution in [1.29, 1.82) is 0 Å². The number of aliphatic hydroxyl groups is 2. The van der Waals surface area contributed by atoms with Crippen LogP contribution in [0.1, 0.15) is 50.5 Å². The van der Waals surface area contributed by atoms with Gasteiger partial charge in [-0.05, 0) is 45.4 Å². The molecule has 1 fully saturated rings. The first-order chi connectivity index (χ1) is 14.7. The van der Waals surface area contributed by atoms with Gasteiger partial charge < -0.3 is 25.0 Å². The first-order valence-corrected chi connectivity index (χ1v) is 10.0. The molecule has 0 saturated carbocycles. The zero-order chi connectivity index (χ0) is 22.8. The lowest BCUT2D eigenvalue weighted by Gasteiger charge is -2.21. The molecule has 3 rings (SSSR count). The SMILES string of the molecule is CCOc1c([C@H]2CC(C)(C)O[C@@H]2C(=O)Nc2ccc([C@@H](O)CO)nc2)ccc(F)c1F. The van der Waals surface area contributed by atoms with Crippen LogP contribution in [0.4, 0.5) is 14.5 Å². The van der Waals surface area contributed by atoms with Crippen molar-refractivity contribution >= 4 is 11.6 Å². The van der Waals surface area contributed by atoms with Crippen molar-refractivity contribution in [3.63, 3.8) is 0 Å². The quantitative estimate of drug-likeness (QED) is 0.617. The number of halogens is 2. The number of hydrogen-bond acceptors (Lipinski definition) is 6. The second-order valence-corrected chi connectivity index (χ2v) is 7.98. The molecule has 0 bridgehead atoms. The number of benzene rings is 1. The number of anilines is 1. The summed E-state index contributed by atoms with van der Waals surface area (Å²) in [4.78, 5) is 17.0.